The molecule has 7 nitrogen and oxygen atoms in total. The molecule has 1 aliphatic carbocycles. The van der Waals surface area contributed by atoms with Gasteiger partial charge in [0.25, 0.3) is 0 Å². The van der Waals surface area contributed by atoms with E-state index >= 15 is 0 Å². The van der Waals surface area contributed by atoms with E-state index in [0.29, 0.717) is 26.1 Å². The first-order valence-electron chi connectivity index (χ1n) is 10.9. The number of hydrogen-bond acceptors (Lipinski definition) is 7. The zero-order chi connectivity index (χ0) is 22.8. The van der Waals surface area contributed by atoms with Gasteiger partial charge in [-0.25, -0.2) is 0 Å². The Kier molecular flexibility index (Phi) is 6.67. The molecule has 1 heterocycles. The molecule has 0 amide bonds. The maximum atomic E-state index is 13.2. The van der Waals surface area contributed by atoms with Crippen LogP contribution >= 0.6 is 0 Å². The van der Waals surface area contributed by atoms with Gasteiger partial charge in [-0.05, 0) is 38.0 Å². The number of nitrogens with one attached hydrogen (secondary N) is 1. The highest BCUT2D eigenvalue weighted by Gasteiger charge is 2.49. The lowest BCUT2D eigenvalue weighted by atomic mass is 9.80. The van der Waals surface area contributed by atoms with E-state index in [-0.39, 0.29) is 23.4 Å². The number of carbonyl (C=O) groups is 1. The van der Waals surface area contributed by atoms with E-state index in [0.717, 1.165) is 11.1 Å². The lowest BCUT2D eigenvalue weighted by molar-refractivity contribution is -0.196. The fourth-order valence-electron chi connectivity index (χ4n) is 4.44. The summed E-state index contributed by atoms with van der Waals surface area (Å²) in [5, 5.41) is 3.50. The Morgan fingerprint density at radius 3 is 2.41 bits per heavy atom. The third kappa shape index (κ3) is 5.04. The second-order valence-electron chi connectivity index (χ2n) is 8.53. The summed E-state index contributed by atoms with van der Waals surface area (Å²) in [6.45, 7) is 4.80. The zero-order valence-electron chi connectivity index (χ0n) is 18.3. The molecule has 1 aliphatic heterocycles. The van der Waals surface area contributed by atoms with Gasteiger partial charge in [0.2, 0.25) is 0 Å². The summed E-state index contributed by atoms with van der Waals surface area (Å²) in [5.41, 5.74) is 2.00. The topological polar surface area (TPSA) is 90.9 Å². The van der Waals surface area contributed by atoms with Crippen LogP contribution in [0.3, 0.4) is 0 Å². The second-order valence-corrected chi connectivity index (χ2v) is 10.1. The summed E-state index contributed by atoms with van der Waals surface area (Å²) in [4.78, 5) is 13.1. The molecule has 2 unspecified atom stereocenters. The van der Waals surface area contributed by atoms with Crippen LogP contribution in [0.2, 0.25) is 0 Å². The van der Waals surface area contributed by atoms with Crippen LogP contribution in [0.25, 0.3) is 0 Å². The Bertz CT molecular complexity index is 1030. The molecule has 32 heavy (non-hydrogen) atoms. The van der Waals surface area contributed by atoms with E-state index < -0.39 is 27.8 Å². The molecule has 2 aliphatic rings. The van der Waals surface area contributed by atoms with Crippen LogP contribution in [0.15, 0.2) is 59.5 Å². The van der Waals surface area contributed by atoms with Crippen molar-refractivity contribution in [2.24, 2.45) is 5.92 Å². The first-order valence-corrected chi connectivity index (χ1v) is 12.3. The van der Waals surface area contributed by atoms with Crippen LogP contribution in [0.1, 0.15) is 43.4 Å². The molecular weight excluding hydrogens is 430 g/mol. The third-order valence-electron chi connectivity index (χ3n) is 6.23. The van der Waals surface area contributed by atoms with Crippen molar-refractivity contribution >= 4 is 16.1 Å². The van der Waals surface area contributed by atoms with Gasteiger partial charge in [-0.2, -0.15) is 8.42 Å². The molecule has 1 saturated heterocycles. The Labute approximate surface area is 189 Å². The van der Waals surface area contributed by atoms with Crippen LogP contribution in [-0.4, -0.2) is 39.4 Å². The van der Waals surface area contributed by atoms with Crippen molar-refractivity contribution in [2.75, 3.05) is 13.2 Å². The lowest BCUT2D eigenvalue weighted by Crippen LogP contribution is -2.51. The zero-order valence-corrected chi connectivity index (χ0v) is 19.1. The van der Waals surface area contributed by atoms with Gasteiger partial charge in [0.1, 0.15) is 4.90 Å². The molecule has 3 atom stereocenters. The van der Waals surface area contributed by atoms with Gasteiger partial charge in [0.15, 0.2) is 5.79 Å². The summed E-state index contributed by atoms with van der Waals surface area (Å²) in [6, 6.07) is 15.8. The minimum absolute atomic E-state index is 0.0235. The fraction of sp³-hybridized carbons (Fsp3) is 0.458. The van der Waals surface area contributed by atoms with Gasteiger partial charge >= 0.3 is 16.1 Å². The van der Waals surface area contributed by atoms with Gasteiger partial charge in [-0.1, -0.05) is 48.0 Å². The molecule has 0 aromatic heterocycles. The molecule has 2 aromatic carbocycles. The van der Waals surface area contributed by atoms with Gasteiger partial charge < -0.3 is 19.0 Å². The Hall–Kier alpha value is -2.26. The smallest absolute Gasteiger partial charge is 0.341 e. The predicted octanol–water partition coefficient (Wildman–Crippen LogP) is 3.49. The largest absolute Gasteiger partial charge is 0.348 e. The number of hydrogen-bond donors (Lipinski definition) is 1. The molecule has 0 radical (unpaired) electrons. The van der Waals surface area contributed by atoms with Gasteiger partial charge in [-0.15, -0.1) is 0 Å². The highest BCUT2D eigenvalue weighted by Crippen LogP contribution is 2.40. The van der Waals surface area contributed by atoms with Crippen LogP contribution in [0.5, 0.6) is 0 Å². The molecule has 1 spiro atoms. The minimum Gasteiger partial charge on any atom is -0.348 e. The fourth-order valence-corrected chi connectivity index (χ4v) is 5.35. The predicted molar refractivity (Wildman–Crippen MR) is 118 cm³/mol. The number of aryl methyl sites for hydroxylation is 1. The van der Waals surface area contributed by atoms with E-state index in [1.54, 1.807) is 12.1 Å². The van der Waals surface area contributed by atoms with E-state index in [1.807, 2.05) is 44.2 Å². The van der Waals surface area contributed by atoms with Gasteiger partial charge in [-0.3, -0.25) is 4.79 Å². The van der Waals surface area contributed by atoms with E-state index in [4.69, 9.17) is 13.7 Å². The summed E-state index contributed by atoms with van der Waals surface area (Å²) < 4.78 is 42.2. The standard InChI is InChI=1S/C24H29NO6S/c1-17-8-10-20(11-9-17)32(27,28)31-23(26)21-16-24(29-14-15-30-24)13-12-22(21)25-18(2)19-6-4-3-5-7-19/h3-11,18,21-22,25H,12-16H2,1-2H3/t18-,21?,22?/m1/s1. The highest BCUT2D eigenvalue weighted by molar-refractivity contribution is 7.87. The second kappa shape index (κ2) is 9.31. The Morgan fingerprint density at radius 1 is 1.09 bits per heavy atom. The molecule has 2 fully saturated rings. The average Bonchev–Trinajstić information content (AvgIpc) is 3.23. The normalized spacial score (nSPS) is 23.7. The van der Waals surface area contributed by atoms with Crippen molar-refractivity contribution in [3.8, 4) is 0 Å². The number of carbonyl (C=O) groups excluding carboxylic acids is 1. The van der Waals surface area contributed by atoms with Crippen LogP contribution in [0, 0.1) is 12.8 Å². The number of rotatable bonds is 6. The number of ether oxygens (including phenoxy) is 2. The molecule has 8 heteroatoms. The molecule has 0 bridgehead atoms. The van der Waals surface area contributed by atoms with Crippen molar-refractivity contribution in [1.82, 2.24) is 5.32 Å². The van der Waals surface area contributed by atoms with Crippen molar-refractivity contribution in [3.05, 3.63) is 65.7 Å². The monoisotopic (exact) mass is 459 g/mol. The first kappa shape index (κ1) is 22.9. The van der Waals surface area contributed by atoms with Gasteiger partial charge in [0.05, 0.1) is 19.1 Å². The molecule has 172 valence electrons. The third-order valence-corrected chi connectivity index (χ3v) is 7.47. The van der Waals surface area contributed by atoms with E-state index in [1.165, 1.54) is 12.1 Å². The molecule has 1 saturated carbocycles. The maximum Gasteiger partial charge on any atom is 0.341 e. The quantitative estimate of drug-likeness (QED) is 0.661. The summed E-state index contributed by atoms with van der Waals surface area (Å²) in [6.07, 6.45) is 1.47. The molecule has 2 aromatic rings. The van der Waals surface area contributed by atoms with Crippen LogP contribution < -0.4 is 5.32 Å². The van der Waals surface area contributed by atoms with E-state index in [2.05, 4.69) is 5.32 Å². The average molecular weight is 460 g/mol. The van der Waals surface area contributed by atoms with Gasteiger partial charge in [0, 0.05) is 24.9 Å². The van der Waals surface area contributed by atoms with Crippen LogP contribution in [0.4, 0.5) is 0 Å². The molecule has 4 rings (SSSR count). The van der Waals surface area contributed by atoms with Crippen molar-refractivity contribution < 1.29 is 26.9 Å². The SMILES string of the molecule is Cc1ccc(S(=O)(=O)OC(=O)C2CC3(CCC2N[C@H](C)c2ccccc2)OCCO3)cc1. The van der Waals surface area contributed by atoms with Crippen LogP contribution in [-0.2, 0) is 28.6 Å². The van der Waals surface area contributed by atoms with Crippen molar-refractivity contribution in [3.63, 3.8) is 0 Å². The lowest BCUT2D eigenvalue weighted by Gasteiger charge is -2.41. The summed E-state index contributed by atoms with van der Waals surface area (Å²) in [7, 11) is -4.22. The van der Waals surface area contributed by atoms with E-state index in [9.17, 15) is 13.2 Å². The first-order chi connectivity index (χ1) is 15.3. The highest BCUT2D eigenvalue weighted by atomic mass is 32.2. The Morgan fingerprint density at radius 2 is 1.75 bits per heavy atom. The minimum atomic E-state index is -4.22. The molecule has 1 N–H and O–H groups in total. The van der Waals surface area contributed by atoms with Crippen molar-refractivity contribution in [2.45, 2.75) is 55.9 Å². The molecular formula is C24H29NO6S. The summed E-state index contributed by atoms with van der Waals surface area (Å²) in [5.74, 6) is -2.37. The number of benzene rings is 2. The van der Waals surface area contributed by atoms with Crippen molar-refractivity contribution in [1.29, 1.82) is 0 Å². The Balaban J connectivity index is 1.54. The summed E-state index contributed by atoms with van der Waals surface area (Å²) >= 11 is 0. The maximum absolute atomic E-state index is 13.2.